The van der Waals surface area contributed by atoms with E-state index in [4.69, 9.17) is 5.73 Å². The van der Waals surface area contributed by atoms with Gasteiger partial charge < -0.3 is 5.73 Å². The number of anilines is 1. The smallest absolute Gasteiger partial charge is 0.243 e. The van der Waals surface area contributed by atoms with Crippen molar-refractivity contribution in [3.05, 3.63) is 22.7 Å². The maximum Gasteiger partial charge on any atom is 0.243 e. The zero-order chi connectivity index (χ0) is 14.2. The fourth-order valence-corrected chi connectivity index (χ4v) is 4.66. The molecule has 0 spiro atoms. The van der Waals surface area contributed by atoms with Gasteiger partial charge >= 0.3 is 0 Å². The summed E-state index contributed by atoms with van der Waals surface area (Å²) in [6, 6.07) is 4.90. The Labute approximate surface area is 123 Å². The SMILES string of the molecule is CC(C)C1CCCN1S(=O)(=O)c1ccc(Br)c(N)c1. The van der Waals surface area contributed by atoms with E-state index in [1.807, 2.05) is 0 Å². The second-order valence-corrected chi connectivity index (χ2v) is 8.00. The van der Waals surface area contributed by atoms with Crippen LogP contribution in [-0.4, -0.2) is 25.3 Å². The van der Waals surface area contributed by atoms with E-state index in [-0.39, 0.29) is 10.9 Å². The molecule has 1 heterocycles. The number of rotatable bonds is 3. The van der Waals surface area contributed by atoms with Crippen molar-refractivity contribution in [2.75, 3.05) is 12.3 Å². The largest absolute Gasteiger partial charge is 0.398 e. The first kappa shape index (κ1) is 14.8. The third-order valence-corrected chi connectivity index (χ3v) is 6.23. The van der Waals surface area contributed by atoms with Gasteiger partial charge in [-0.2, -0.15) is 4.31 Å². The number of benzene rings is 1. The van der Waals surface area contributed by atoms with E-state index in [0.717, 1.165) is 12.8 Å². The first-order chi connectivity index (χ1) is 8.84. The van der Waals surface area contributed by atoms with Crippen LogP contribution in [0.15, 0.2) is 27.6 Å². The Morgan fingerprint density at radius 3 is 2.68 bits per heavy atom. The van der Waals surface area contributed by atoms with Crippen LogP contribution in [-0.2, 0) is 10.0 Å². The summed E-state index contributed by atoms with van der Waals surface area (Å²) in [6.45, 7) is 4.73. The summed E-state index contributed by atoms with van der Waals surface area (Å²) in [7, 11) is -3.44. The lowest BCUT2D eigenvalue weighted by Crippen LogP contribution is -2.38. The van der Waals surface area contributed by atoms with Crippen molar-refractivity contribution in [1.29, 1.82) is 0 Å². The van der Waals surface area contributed by atoms with Gasteiger partial charge in [-0.3, -0.25) is 0 Å². The third-order valence-electron chi connectivity index (χ3n) is 3.59. The number of nitrogens with two attached hydrogens (primary N) is 1. The van der Waals surface area contributed by atoms with E-state index in [2.05, 4.69) is 29.8 Å². The van der Waals surface area contributed by atoms with Gasteiger partial charge in [0.1, 0.15) is 0 Å². The molecule has 1 unspecified atom stereocenters. The summed E-state index contributed by atoms with van der Waals surface area (Å²) >= 11 is 3.28. The zero-order valence-electron chi connectivity index (χ0n) is 11.1. The van der Waals surface area contributed by atoms with Crippen molar-refractivity contribution < 1.29 is 8.42 Å². The lowest BCUT2D eigenvalue weighted by atomic mass is 10.0. The second kappa shape index (κ2) is 5.42. The molecule has 1 fully saturated rings. The van der Waals surface area contributed by atoms with E-state index in [0.29, 0.717) is 22.6 Å². The Balaban J connectivity index is 2.39. The average molecular weight is 347 g/mol. The molecule has 1 aromatic rings. The number of hydrogen-bond donors (Lipinski definition) is 1. The molecule has 0 aliphatic carbocycles. The van der Waals surface area contributed by atoms with Gasteiger partial charge in [-0.1, -0.05) is 13.8 Å². The molecule has 19 heavy (non-hydrogen) atoms. The molecule has 1 aliphatic rings. The monoisotopic (exact) mass is 346 g/mol. The summed E-state index contributed by atoms with van der Waals surface area (Å²) in [5.41, 5.74) is 6.23. The van der Waals surface area contributed by atoms with Crippen LogP contribution in [0, 0.1) is 5.92 Å². The van der Waals surface area contributed by atoms with Gasteiger partial charge in [-0.25, -0.2) is 8.42 Å². The summed E-state index contributed by atoms with van der Waals surface area (Å²) in [5, 5.41) is 0. The molecule has 0 bridgehead atoms. The van der Waals surface area contributed by atoms with E-state index in [1.54, 1.807) is 16.4 Å². The van der Waals surface area contributed by atoms with Crippen molar-refractivity contribution in [2.24, 2.45) is 5.92 Å². The number of nitrogens with zero attached hydrogens (tertiary/aromatic N) is 1. The molecule has 4 nitrogen and oxygen atoms in total. The minimum Gasteiger partial charge on any atom is -0.398 e. The van der Waals surface area contributed by atoms with Gasteiger partial charge in [0, 0.05) is 22.7 Å². The average Bonchev–Trinajstić information content (AvgIpc) is 2.82. The fourth-order valence-electron chi connectivity index (χ4n) is 2.55. The van der Waals surface area contributed by atoms with Gasteiger partial charge in [0.2, 0.25) is 10.0 Å². The quantitative estimate of drug-likeness (QED) is 0.856. The third kappa shape index (κ3) is 2.80. The van der Waals surface area contributed by atoms with Crippen molar-refractivity contribution >= 4 is 31.6 Å². The minimum atomic E-state index is -3.44. The molecular formula is C13H19BrN2O2S. The Bertz CT molecular complexity index is 572. The van der Waals surface area contributed by atoms with Crippen LogP contribution in [0.25, 0.3) is 0 Å². The highest BCUT2D eigenvalue weighted by molar-refractivity contribution is 9.10. The first-order valence-electron chi connectivity index (χ1n) is 6.41. The zero-order valence-corrected chi connectivity index (χ0v) is 13.5. The van der Waals surface area contributed by atoms with Crippen LogP contribution in [0.1, 0.15) is 26.7 Å². The predicted octanol–water partition coefficient (Wildman–Crippen LogP) is 2.84. The van der Waals surface area contributed by atoms with Crippen molar-refractivity contribution in [3.8, 4) is 0 Å². The molecule has 6 heteroatoms. The molecule has 0 amide bonds. The first-order valence-corrected chi connectivity index (χ1v) is 8.64. The summed E-state index contributed by atoms with van der Waals surface area (Å²) in [5.74, 6) is 0.324. The van der Waals surface area contributed by atoms with E-state index in [9.17, 15) is 8.42 Å². The van der Waals surface area contributed by atoms with Crippen LogP contribution >= 0.6 is 15.9 Å². The van der Waals surface area contributed by atoms with Crippen LogP contribution in [0.2, 0.25) is 0 Å². The van der Waals surface area contributed by atoms with Gasteiger partial charge in [-0.05, 0) is 52.9 Å². The van der Waals surface area contributed by atoms with Crippen molar-refractivity contribution in [1.82, 2.24) is 4.31 Å². The van der Waals surface area contributed by atoms with Crippen LogP contribution in [0.4, 0.5) is 5.69 Å². The topological polar surface area (TPSA) is 63.4 Å². The highest BCUT2D eigenvalue weighted by atomic mass is 79.9. The Morgan fingerprint density at radius 2 is 2.11 bits per heavy atom. The number of hydrogen-bond acceptors (Lipinski definition) is 3. The Kier molecular flexibility index (Phi) is 4.23. The standard InChI is InChI=1S/C13H19BrN2O2S/c1-9(2)13-4-3-7-16(13)19(17,18)10-5-6-11(14)12(15)8-10/h5-6,8-9,13H,3-4,7,15H2,1-2H3. The van der Waals surface area contributed by atoms with Gasteiger partial charge in [0.15, 0.2) is 0 Å². The molecule has 1 atom stereocenters. The summed E-state index contributed by atoms with van der Waals surface area (Å²) < 4.78 is 27.7. The van der Waals surface area contributed by atoms with Gasteiger partial charge in [0.25, 0.3) is 0 Å². The van der Waals surface area contributed by atoms with E-state index < -0.39 is 10.0 Å². The molecule has 106 valence electrons. The van der Waals surface area contributed by atoms with Crippen LogP contribution in [0.3, 0.4) is 0 Å². The Hall–Kier alpha value is -0.590. The molecule has 1 saturated heterocycles. The highest BCUT2D eigenvalue weighted by Gasteiger charge is 2.36. The highest BCUT2D eigenvalue weighted by Crippen LogP contribution is 2.31. The molecule has 0 saturated carbocycles. The summed E-state index contributed by atoms with van der Waals surface area (Å²) in [4.78, 5) is 0.278. The van der Waals surface area contributed by atoms with E-state index >= 15 is 0 Å². The molecule has 2 rings (SSSR count). The van der Waals surface area contributed by atoms with Crippen LogP contribution < -0.4 is 5.73 Å². The lowest BCUT2D eigenvalue weighted by molar-refractivity contribution is 0.316. The molecule has 0 aromatic heterocycles. The number of nitrogen functional groups attached to an aromatic ring is 1. The van der Waals surface area contributed by atoms with Crippen molar-refractivity contribution in [3.63, 3.8) is 0 Å². The fraction of sp³-hybridized carbons (Fsp3) is 0.538. The van der Waals surface area contributed by atoms with Gasteiger partial charge in [-0.15, -0.1) is 0 Å². The van der Waals surface area contributed by atoms with Gasteiger partial charge in [0.05, 0.1) is 4.90 Å². The van der Waals surface area contributed by atoms with Crippen molar-refractivity contribution in [2.45, 2.75) is 37.6 Å². The minimum absolute atomic E-state index is 0.0925. The molecular weight excluding hydrogens is 328 g/mol. The molecule has 0 radical (unpaired) electrons. The summed E-state index contributed by atoms with van der Waals surface area (Å²) in [6.07, 6.45) is 1.86. The lowest BCUT2D eigenvalue weighted by Gasteiger charge is -2.27. The normalized spacial score (nSPS) is 21.2. The van der Waals surface area contributed by atoms with E-state index in [1.165, 1.54) is 6.07 Å². The molecule has 2 N–H and O–H groups in total. The molecule has 1 aliphatic heterocycles. The number of sulfonamides is 1. The second-order valence-electron chi connectivity index (χ2n) is 5.25. The maximum absolute atomic E-state index is 12.7. The molecule has 1 aromatic carbocycles. The van der Waals surface area contributed by atoms with Crippen LogP contribution in [0.5, 0.6) is 0 Å². The maximum atomic E-state index is 12.7. The predicted molar refractivity (Wildman–Crippen MR) is 80.3 cm³/mol. The number of halogens is 1. The Morgan fingerprint density at radius 1 is 1.42 bits per heavy atom.